The van der Waals surface area contributed by atoms with E-state index in [2.05, 4.69) is 5.32 Å². The van der Waals surface area contributed by atoms with Crippen molar-refractivity contribution in [3.8, 4) is 0 Å². The van der Waals surface area contributed by atoms with E-state index in [0.29, 0.717) is 31.6 Å². The number of aryl methyl sites for hydroxylation is 1. The van der Waals surface area contributed by atoms with Gasteiger partial charge in [-0.15, -0.1) is 0 Å². The summed E-state index contributed by atoms with van der Waals surface area (Å²) in [6.07, 6.45) is 1.61. The molecule has 182 valence electrons. The van der Waals surface area contributed by atoms with Crippen molar-refractivity contribution < 1.29 is 14.4 Å². The average Bonchev–Trinajstić information content (AvgIpc) is 3.14. The molecule has 35 heavy (non-hydrogen) atoms. The Labute approximate surface area is 206 Å². The zero-order valence-electron chi connectivity index (χ0n) is 20.7. The molecule has 6 heteroatoms. The first-order chi connectivity index (χ1) is 16.9. The first kappa shape index (κ1) is 24.5. The van der Waals surface area contributed by atoms with Gasteiger partial charge in [0.15, 0.2) is 0 Å². The van der Waals surface area contributed by atoms with E-state index in [9.17, 15) is 14.4 Å². The highest BCUT2D eigenvalue weighted by atomic mass is 16.2. The molecule has 3 aromatic rings. The normalized spacial score (nSPS) is 13.2. The summed E-state index contributed by atoms with van der Waals surface area (Å²) in [5, 5.41) is 4.94. The van der Waals surface area contributed by atoms with E-state index >= 15 is 0 Å². The summed E-state index contributed by atoms with van der Waals surface area (Å²) in [4.78, 5) is 42.6. The lowest BCUT2D eigenvalue weighted by Gasteiger charge is -2.29. The Balaban J connectivity index is 1.46. The molecule has 0 aliphatic carbocycles. The third-order valence-electron chi connectivity index (χ3n) is 6.74. The predicted octanol–water partition coefficient (Wildman–Crippen LogP) is 4.83. The molecule has 0 spiro atoms. The highest BCUT2D eigenvalue weighted by molar-refractivity contribution is 6.25. The molecule has 1 N–H and O–H groups in total. The third-order valence-corrected chi connectivity index (χ3v) is 6.74. The highest BCUT2D eigenvalue weighted by Crippen LogP contribution is 2.37. The largest absolute Gasteiger partial charge is 0.354 e. The van der Waals surface area contributed by atoms with E-state index in [4.69, 9.17) is 0 Å². The number of amides is 3. The summed E-state index contributed by atoms with van der Waals surface area (Å²) in [6.45, 7) is 7.20. The second-order valence-electron chi connectivity index (χ2n) is 9.16. The van der Waals surface area contributed by atoms with Crippen LogP contribution in [0.5, 0.6) is 0 Å². The summed E-state index contributed by atoms with van der Waals surface area (Å²) in [5.41, 5.74) is 3.72. The third kappa shape index (κ3) is 5.06. The number of carbonyl (C=O) groups is 3. The first-order valence-corrected chi connectivity index (χ1v) is 12.4. The number of nitrogens with one attached hydrogen (secondary N) is 1. The van der Waals surface area contributed by atoms with Crippen LogP contribution in [0.25, 0.3) is 10.8 Å². The average molecular weight is 472 g/mol. The molecule has 1 heterocycles. The van der Waals surface area contributed by atoms with Crippen LogP contribution in [0, 0.1) is 6.92 Å². The zero-order valence-corrected chi connectivity index (χ0v) is 20.7. The number of benzene rings is 3. The Morgan fingerprint density at radius 2 is 1.77 bits per heavy atom. The van der Waals surface area contributed by atoms with Crippen molar-refractivity contribution in [2.24, 2.45) is 0 Å². The minimum atomic E-state index is -0.583. The minimum Gasteiger partial charge on any atom is -0.354 e. The van der Waals surface area contributed by atoms with Crippen LogP contribution in [0.3, 0.4) is 0 Å². The number of carbonyl (C=O) groups excluding carboxylic acids is 3. The minimum absolute atomic E-state index is 0.0201. The molecule has 3 aromatic carbocycles. The van der Waals surface area contributed by atoms with E-state index in [-0.39, 0.29) is 24.1 Å². The standard InChI is InChI=1S/C29H33N3O3/c1-4-17-30-28(34)21(3)32(19-23-11-6-5-10-20(23)2)26(33)16-9-18-31-25-15-8-13-22-12-7-14-24(27(22)25)29(31)35/h5-8,10-15,21H,4,9,16-19H2,1-3H3,(H,30,34)/t21-/m1/s1. The highest BCUT2D eigenvalue weighted by Gasteiger charge is 2.30. The molecule has 0 saturated carbocycles. The Morgan fingerprint density at radius 1 is 1.03 bits per heavy atom. The van der Waals surface area contributed by atoms with Crippen molar-refractivity contribution in [3.05, 3.63) is 77.4 Å². The van der Waals surface area contributed by atoms with E-state index in [1.165, 1.54) is 0 Å². The number of rotatable bonds is 10. The smallest absolute Gasteiger partial charge is 0.258 e. The number of hydrogen-bond acceptors (Lipinski definition) is 3. The summed E-state index contributed by atoms with van der Waals surface area (Å²) >= 11 is 0. The zero-order chi connectivity index (χ0) is 24.9. The lowest BCUT2D eigenvalue weighted by Crippen LogP contribution is -2.48. The number of anilines is 1. The van der Waals surface area contributed by atoms with Crippen molar-refractivity contribution >= 4 is 34.2 Å². The molecule has 1 aliphatic heterocycles. The molecule has 0 fully saturated rings. The Hall–Kier alpha value is -3.67. The number of hydrogen-bond donors (Lipinski definition) is 1. The van der Waals surface area contributed by atoms with Crippen LogP contribution in [-0.4, -0.2) is 41.8 Å². The fourth-order valence-electron chi connectivity index (χ4n) is 4.68. The van der Waals surface area contributed by atoms with E-state index in [1.807, 2.05) is 74.5 Å². The Kier molecular flexibility index (Phi) is 7.49. The van der Waals surface area contributed by atoms with Crippen LogP contribution in [0.15, 0.2) is 60.7 Å². The van der Waals surface area contributed by atoms with Crippen molar-refractivity contribution in [3.63, 3.8) is 0 Å². The predicted molar refractivity (Wildman–Crippen MR) is 139 cm³/mol. The SMILES string of the molecule is CCCNC(=O)[C@@H](C)N(Cc1ccccc1C)C(=O)CCCN1C(=O)c2cccc3cccc1c23. The maximum absolute atomic E-state index is 13.4. The lowest BCUT2D eigenvalue weighted by atomic mass is 10.1. The van der Waals surface area contributed by atoms with Crippen LogP contribution in [-0.2, 0) is 16.1 Å². The molecule has 0 radical (unpaired) electrons. The van der Waals surface area contributed by atoms with Gasteiger partial charge in [-0.2, -0.15) is 0 Å². The quantitative estimate of drug-likeness (QED) is 0.460. The van der Waals surface area contributed by atoms with E-state index < -0.39 is 6.04 Å². The molecule has 1 atom stereocenters. The molecule has 0 unspecified atom stereocenters. The Morgan fingerprint density at radius 3 is 2.51 bits per heavy atom. The van der Waals surface area contributed by atoms with Gasteiger partial charge in [-0.3, -0.25) is 14.4 Å². The summed E-state index contributed by atoms with van der Waals surface area (Å²) in [5.74, 6) is -0.256. The molecule has 4 rings (SSSR count). The van der Waals surface area contributed by atoms with Crippen molar-refractivity contribution in [2.45, 2.75) is 52.6 Å². The second-order valence-corrected chi connectivity index (χ2v) is 9.16. The van der Waals surface area contributed by atoms with Crippen LogP contribution in [0.1, 0.15) is 54.6 Å². The maximum atomic E-state index is 13.4. The fraction of sp³-hybridized carbons (Fsp3) is 0.345. The second kappa shape index (κ2) is 10.7. The first-order valence-electron chi connectivity index (χ1n) is 12.4. The summed E-state index contributed by atoms with van der Waals surface area (Å²) < 4.78 is 0. The van der Waals surface area contributed by atoms with E-state index in [0.717, 1.165) is 34.0 Å². The molecular weight excluding hydrogens is 438 g/mol. The summed E-state index contributed by atoms with van der Waals surface area (Å²) in [6, 6.07) is 19.0. The van der Waals surface area contributed by atoms with Gasteiger partial charge < -0.3 is 15.1 Å². The lowest BCUT2D eigenvalue weighted by molar-refractivity contribution is -0.140. The van der Waals surface area contributed by atoms with E-state index in [1.54, 1.807) is 16.7 Å². The van der Waals surface area contributed by atoms with Gasteiger partial charge in [0.1, 0.15) is 6.04 Å². The number of nitrogens with zero attached hydrogens (tertiary/aromatic N) is 2. The van der Waals surface area contributed by atoms with Gasteiger partial charge in [0, 0.05) is 37.0 Å². The van der Waals surface area contributed by atoms with Gasteiger partial charge in [0.25, 0.3) is 5.91 Å². The van der Waals surface area contributed by atoms with Crippen LogP contribution in [0.4, 0.5) is 5.69 Å². The van der Waals surface area contributed by atoms with Gasteiger partial charge in [0.05, 0.1) is 5.69 Å². The van der Waals surface area contributed by atoms with Crippen molar-refractivity contribution in [1.82, 2.24) is 10.2 Å². The van der Waals surface area contributed by atoms with Crippen molar-refractivity contribution in [1.29, 1.82) is 0 Å². The van der Waals surface area contributed by atoms with Crippen LogP contribution in [0.2, 0.25) is 0 Å². The molecule has 6 nitrogen and oxygen atoms in total. The van der Waals surface area contributed by atoms with Crippen LogP contribution >= 0.6 is 0 Å². The molecular formula is C29H33N3O3. The van der Waals surface area contributed by atoms with Crippen molar-refractivity contribution in [2.75, 3.05) is 18.0 Å². The molecule has 0 aromatic heterocycles. The van der Waals surface area contributed by atoms with Gasteiger partial charge in [-0.05, 0) is 55.3 Å². The fourth-order valence-corrected chi connectivity index (χ4v) is 4.68. The topological polar surface area (TPSA) is 69.7 Å². The molecule has 1 aliphatic rings. The molecule has 3 amide bonds. The summed E-state index contributed by atoms with van der Waals surface area (Å²) in [7, 11) is 0. The monoisotopic (exact) mass is 471 g/mol. The molecule has 0 bridgehead atoms. The van der Waals surface area contributed by atoms with Crippen LogP contribution < -0.4 is 10.2 Å². The maximum Gasteiger partial charge on any atom is 0.258 e. The van der Waals surface area contributed by atoms with Gasteiger partial charge in [-0.25, -0.2) is 0 Å². The van der Waals surface area contributed by atoms with Gasteiger partial charge >= 0.3 is 0 Å². The Bertz CT molecular complexity index is 1250. The molecule has 0 saturated heterocycles. The van der Waals surface area contributed by atoms with Gasteiger partial charge in [-0.1, -0.05) is 55.5 Å². The van der Waals surface area contributed by atoms with Gasteiger partial charge in [0.2, 0.25) is 11.8 Å².